The summed E-state index contributed by atoms with van der Waals surface area (Å²) in [6, 6.07) is 8.27. The van der Waals surface area contributed by atoms with E-state index in [4.69, 9.17) is 12.2 Å². The minimum Gasteiger partial charge on any atom is -0.337 e. The van der Waals surface area contributed by atoms with Crippen LogP contribution in [0, 0.1) is 0 Å². The number of hydrogen-bond donors (Lipinski definition) is 2. The largest absolute Gasteiger partial charge is 0.337 e. The van der Waals surface area contributed by atoms with Crippen LogP contribution in [-0.2, 0) is 10.0 Å². The van der Waals surface area contributed by atoms with Gasteiger partial charge < -0.3 is 9.80 Å². The van der Waals surface area contributed by atoms with E-state index in [2.05, 4.69) is 11.8 Å². The highest BCUT2D eigenvalue weighted by Crippen LogP contribution is 2.07. The number of nitrogens with one attached hydrogen (secondary N) is 2. The summed E-state index contributed by atoms with van der Waals surface area (Å²) in [4.78, 5) is 3.57. The molecule has 19 heavy (non-hydrogen) atoms. The fourth-order valence-corrected chi connectivity index (χ4v) is 3.43. The van der Waals surface area contributed by atoms with Gasteiger partial charge in [-0.2, -0.15) is 0 Å². The van der Waals surface area contributed by atoms with Crippen LogP contribution in [0.4, 0.5) is 0 Å². The summed E-state index contributed by atoms with van der Waals surface area (Å²) < 4.78 is 26.7. The first-order valence-electron chi connectivity index (χ1n) is 6.17. The second-order valence-electron chi connectivity index (χ2n) is 4.67. The first kappa shape index (κ1) is 14.2. The van der Waals surface area contributed by atoms with E-state index >= 15 is 0 Å². The average Bonchev–Trinajstić information content (AvgIpc) is 2.40. The topological polar surface area (TPSA) is 53.9 Å². The van der Waals surface area contributed by atoms with Crippen molar-refractivity contribution in [3.8, 4) is 0 Å². The van der Waals surface area contributed by atoms with Gasteiger partial charge in [-0.05, 0) is 24.4 Å². The molecule has 1 aliphatic heterocycles. The van der Waals surface area contributed by atoms with Gasteiger partial charge in [-0.3, -0.25) is 4.72 Å². The summed E-state index contributed by atoms with van der Waals surface area (Å²) in [6.07, 6.45) is 0. The molecule has 0 aromatic heterocycles. The Bertz CT molecular complexity index is 537. The minimum absolute atomic E-state index is 0.233. The quantitative estimate of drug-likeness (QED) is 0.694. The fraction of sp³-hybridized carbons (Fsp3) is 0.417. The molecule has 1 aromatic carbocycles. The maximum atomic E-state index is 12.1. The van der Waals surface area contributed by atoms with Gasteiger partial charge in [-0.15, -0.1) is 0 Å². The highest BCUT2D eigenvalue weighted by Gasteiger charge is 2.22. The van der Waals surface area contributed by atoms with Crippen LogP contribution in [0.3, 0.4) is 0 Å². The third kappa shape index (κ3) is 3.65. The SMILES string of the molecule is C[NH+]1CCN(C(=S)NS(=O)(=O)c2ccccc2)CC1. The summed E-state index contributed by atoms with van der Waals surface area (Å²) in [6.45, 7) is 3.49. The molecule has 7 heteroatoms. The molecule has 0 amide bonds. The molecule has 2 rings (SSSR count). The van der Waals surface area contributed by atoms with Crippen LogP contribution in [-0.4, -0.2) is 51.7 Å². The van der Waals surface area contributed by atoms with E-state index in [9.17, 15) is 8.42 Å². The summed E-state index contributed by atoms with van der Waals surface area (Å²) >= 11 is 5.19. The maximum absolute atomic E-state index is 12.1. The van der Waals surface area contributed by atoms with Crippen molar-refractivity contribution in [3.63, 3.8) is 0 Å². The van der Waals surface area contributed by atoms with Gasteiger partial charge in [0.2, 0.25) is 0 Å². The first-order valence-corrected chi connectivity index (χ1v) is 8.06. The molecule has 1 fully saturated rings. The number of sulfonamides is 1. The standard InChI is InChI=1S/C12H17N3O2S2/c1-14-7-9-15(10-8-14)12(18)13-19(16,17)11-5-3-2-4-6-11/h2-6H,7-10H2,1H3,(H,13,18)/p+1. The Morgan fingerprint density at radius 3 is 2.42 bits per heavy atom. The van der Waals surface area contributed by atoms with Crippen molar-refractivity contribution in [1.82, 2.24) is 9.62 Å². The Balaban J connectivity index is 2.03. The van der Waals surface area contributed by atoms with E-state index in [1.807, 2.05) is 4.90 Å². The van der Waals surface area contributed by atoms with Gasteiger partial charge in [0.25, 0.3) is 10.0 Å². The molecule has 0 atom stereocenters. The predicted molar refractivity (Wildman–Crippen MR) is 77.6 cm³/mol. The zero-order valence-electron chi connectivity index (χ0n) is 10.8. The molecule has 0 radical (unpaired) electrons. The predicted octanol–water partition coefficient (Wildman–Crippen LogP) is -0.920. The first-order chi connectivity index (χ1) is 8.99. The van der Waals surface area contributed by atoms with Crippen LogP contribution in [0.1, 0.15) is 0 Å². The fourth-order valence-electron chi connectivity index (χ4n) is 1.93. The number of hydrogen-bond acceptors (Lipinski definition) is 3. The molecule has 0 unspecified atom stereocenters. The van der Waals surface area contributed by atoms with E-state index in [-0.39, 0.29) is 10.0 Å². The molecule has 0 spiro atoms. The number of benzene rings is 1. The third-order valence-electron chi connectivity index (χ3n) is 3.18. The molecule has 1 heterocycles. The summed E-state index contributed by atoms with van der Waals surface area (Å²) in [7, 11) is -1.44. The van der Waals surface area contributed by atoms with Crippen molar-refractivity contribution in [2.75, 3.05) is 33.2 Å². The maximum Gasteiger partial charge on any atom is 0.263 e. The molecule has 5 nitrogen and oxygen atoms in total. The van der Waals surface area contributed by atoms with E-state index in [0.717, 1.165) is 26.2 Å². The molecule has 0 aliphatic carbocycles. The van der Waals surface area contributed by atoms with Crippen molar-refractivity contribution in [2.24, 2.45) is 0 Å². The Labute approximate surface area is 119 Å². The normalized spacial score (nSPS) is 17.2. The van der Waals surface area contributed by atoms with E-state index in [1.165, 1.54) is 4.90 Å². The number of rotatable bonds is 2. The second kappa shape index (κ2) is 5.85. The number of likely N-dealkylation sites (N-methyl/N-ethyl adjacent to an activating group) is 1. The lowest BCUT2D eigenvalue weighted by Crippen LogP contribution is -3.12. The smallest absolute Gasteiger partial charge is 0.263 e. The highest BCUT2D eigenvalue weighted by molar-refractivity contribution is 7.91. The van der Waals surface area contributed by atoms with Crippen molar-refractivity contribution in [3.05, 3.63) is 30.3 Å². The third-order valence-corrected chi connectivity index (χ3v) is 5.02. The lowest BCUT2D eigenvalue weighted by atomic mass is 10.3. The van der Waals surface area contributed by atoms with Gasteiger partial charge in [0.05, 0.1) is 38.1 Å². The molecular weight excluding hydrogens is 282 g/mol. The van der Waals surface area contributed by atoms with Gasteiger partial charge in [0.15, 0.2) is 5.11 Å². The number of piperazine rings is 1. The van der Waals surface area contributed by atoms with Crippen LogP contribution in [0.15, 0.2) is 35.2 Å². The van der Waals surface area contributed by atoms with Crippen molar-refractivity contribution in [1.29, 1.82) is 0 Å². The second-order valence-corrected chi connectivity index (χ2v) is 6.74. The summed E-state index contributed by atoms with van der Waals surface area (Å²) in [5.74, 6) is 0. The van der Waals surface area contributed by atoms with Crippen molar-refractivity contribution < 1.29 is 13.3 Å². The molecule has 0 saturated carbocycles. The van der Waals surface area contributed by atoms with Gasteiger partial charge in [0, 0.05) is 0 Å². The summed E-state index contributed by atoms with van der Waals surface area (Å²) in [5, 5.41) is 0.288. The van der Waals surface area contributed by atoms with Crippen molar-refractivity contribution in [2.45, 2.75) is 4.90 Å². The highest BCUT2D eigenvalue weighted by atomic mass is 32.2. The number of thiocarbonyl (C=S) groups is 1. The monoisotopic (exact) mass is 300 g/mol. The van der Waals surface area contributed by atoms with Crippen LogP contribution in [0.25, 0.3) is 0 Å². The lowest BCUT2D eigenvalue weighted by Gasteiger charge is -2.31. The van der Waals surface area contributed by atoms with E-state index < -0.39 is 10.0 Å². The minimum atomic E-state index is -3.56. The van der Waals surface area contributed by atoms with Gasteiger partial charge in [0.1, 0.15) is 0 Å². The Morgan fingerprint density at radius 1 is 1.26 bits per heavy atom. The molecule has 1 saturated heterocycles. The van der Waals surface area contributed by atoms with Gasteiger partial charge >= 0.3 is 0 Å². The molecule has 1 aromatic rings. The molecular formula is C12H18N3O2S2+. The van der Waals surface area contributed by atoms with Crippen LogP contribution < -0.4 is 9.62 Å². The zero-order chi connectivity index (χ0) is 13.9. The van der Waals surface area contributed by atoms with Crippen LogP contribution in [0.2, 0.25) is 0 Å². The molecule has 2 N–H and O–H groups in total. The molecule has 1 aliphatic rings. The Morgan fingerprint density at radius 2 is 1.84 bits per heavy atom. The Hall–Kier alpha value is -1.18. The zero-order valence-corrected chi connectivity index (χ0v) is 12.4. The van der Waals surface area contributed by atoms with Gasteiger partial charge in [-0.25, -0.2) is 8.42 Å². The number of nitrogens with zero attached hydrogens (tertiary/aromatic N) is 1. The van der Waals surface area contributed by atoms with E-state index in [0.29, 0.717) is 0 Å². The van der Waals surface area contributed by atoms with E-state index in [1.54, 1.807) is 30.3 Å². The lowest BCUT2D eigenvalue weighted by molar-refractivity contribution is -0.883. The van der Waals surface area contributed by atoms with Crippen LogP contribution in [0.5, 0.6) is 0 Å². The van der Waals surface area contributed by atoms with Crippen LogP contribution >= 0.6 is 12.2 Å². The van der Waals surface area contributed by atoms with Gasteiger partial charge in [-0.1, -0.05) is 18.2 Å². The molecule has 0 bridgehead atoms. The summed E-state index contributed by atoms with van der Waals surface area (Å²) in [5.41, 5.74) is 0. The molecule has 104 valence electrons. The van der Waals surface area contributed by atoms with Crippen molar-refractivity contribution >= 4 is 27.4 Å². The number of quaternary nitrogens is 1. The Kier molecular flexibility index (Phi) is 4.38. The average molecular weight is 300 g/mol.